The molecule has 0 saturated heterocycles. The predicted molar refractivity (Wildman–Crippen MR) is 82.4 cm³/mol. The number of halogens is 1. The molecule has 112 valence electrons. The molecule has 1 aliphatic carbocycles. The molecule has 0 spiro atoms. The molecule has 0 aliphatic heterocycles. The van der Waals surface area contributed by atoms with E-state index in [-0.39, 0.29) is 17.4 Å². The predicted octanol–water partition coefficient (Wildman–Crippen LogP) is 3.66. The van der Waals surface area contributed by atoms with Crippen LogP contribution in [0.15, 0.2) is 18.2 Å². The zero-order valence-electron chi connectivity index (χ0n) is 13.2. The highest BCUT2D eigenvalue weighted by molar-refractivity contribution is 5.32. The quantitative estimate of drug-likeness (QED) is 0.904. The Kier molecular flexibility index (Phi) is 4.82. The highest BCUT2D eigenvalue weighted by atomic mass is 19.1. The fraction of sp³-hybridized carbons (Fsp3) is 0.647. The van der Waals surface area contributed by atoms with Crippen LogP contribution < -0.4 is 5.32 Å². The molecule has 1 aliphatic rings. The second-order valence-corrected chi connectivity index (χ2v) is 6.28. The minimum atomic E-state index is -0.143. The van der Waals surface area contributed by atoms with Gasteiger partial charge in [0.25, 0.3) is 0 Å². The number of aryl methyl sites for hydroxylation is 1. The monoisotopic (exact) mass is 278 g/mol. The fourth-order valence-corrected chi connectivity index (χ4v) is 3.79. The van der Waals surface area contributed by atoms with Crippen LogP contribution in [0.5, 0.6) is 0 Å². The van der Waals surface area contributed by atoms with E-state index in [0.29, 0.717) is 0 Å². The summed E-state index contributed by atoms with van der Waals surface area (Å²) in [6.07, 6.45) is 6.16. The van der Waals surface area contributed by atoms with E-state index in [1.165, 1.54) is 32.1 Å². The van der Waals surface area contributed by atoms with Crippen LogP contribution in [0.3, 0.4) is 0 Å². The number of likely N-dealkylation sites (N-methyl/N-ethyl adjacent to an activating group) is 2. The van der Waals surface area contributed by atoms with Gasteiger partial charge >= 0.3 is 0 Å². The summed E-state index contributed by atoms with van der Waals surface area (Å²) in [6, 6.07) is 5.32. The molecule has 1 saturated carbocycles. The van der Waals surface area contributed by atoms with Gasteiger partial charge in [0.1, 0.15) is 5.82 Å². The second kappa shape index (κ2) is 6.23. The molecule has 0 aromatic heterocycles. The Morgan fingerprint density at radius 3 is 2.40 bits per heavy atom. The molecule has 20 heavy (non-hydrogen) atoms. The molecule has 0 radical (unpaired) electrons. The van der Waals surface area contributed by atoms with E-state index in [1.807, 2.05) is 13.1 Å². The van der Waals surface area contributed by atoms with E-state index < -0.39 is 0 Å². The molecule has 0 heterocycles. The smallest absolute Gasteiger partial charge is 0.123 e. The average molecular weight is 278 g/mol. The molecular formula is C17H27FN2. The highest BCUT2D eigenvalue weighted by Gasteiger charge is 2.42. The molecule has 1 unspecified atom stereocenters. The van der Waals surface area contributed by atoms with Crippen molar-refractivity contribution in [1.82, 2.24) is 10.2 Å². The first-order chi connectivity index (χ1) is 9.51. The first kappa shape index (κ1) is 15.5. The summed E-state index contributed by atoms with van der Waals surface area (Å²) in [6.45, 7) is 2.07. The molecule has 1 fully saturated rings. The van der Waals surface area contributed by atoms with Crippen LogP contribution in [-0.4, -0.2) is 31.6 Å². The first-order valence-electron chi connectivity index (χ1n) is 7.62. The summed E-state index contributed by atoms with van der Waals surface area (Å²) in [5.74, 6) is -0.143. The lowest BCUT2D eigenvalue weighted by Crippen LogP contribution is -2.54. The Bertz CT molecular complexity index is 450. The van der Waals surface area contributed by atoms with Gasteiger partial charge in [-0.2, -0.15) is 0 Å². The summed E-state index contributed by atoms with van der Waals surface area (Å²) < 4.78 is 13.7. The summed E-state index contributed by atoms with van der Waals surface area (Å²) in [5.41, 5.74) is 2.35. The molecule has 1 N–H and O–H groups in total. The summed E-state index contributed by atoms with van der Waals surface area (Å²) in [4.78, 5) is 2.34. The van der Waals surface area contributed by atoms with Crippen molar-refractivity contribution in [3.05, 3.63) is 35.1 Å². The van der Waals surface area contributed by atoms with Crippen LogP contribution >= 0.6 is 0 Å². The maximum Gasteiger partial charge on any atom is 0.123 e. The van der Waals surface area contributed by atoms with Gasteiger partial charge in [0.05, 0.1) is 6.04 Å². The van der Waals surface area contributed by atoms with Crippen molar-refractivity contribution in [3.8, 4) is 0 Å². The van der Waals surface area contributed by atoms with Crippen molar-refractivity contribution in [2.75, 3.05) is 21.1 Å². The van der Waals surface area contributed by atoms with Crippen LogP contribution in [0.2, 0.25) is 0 Å². The zero-order chi connectivity index (χ0) is 14.8. The maximum absolute atomic E-state index is 13.7. The Labute approximate surface area is 122 Å². The van der Waals surface area contributed by atoms with E-state index in [0.717, 1.165) is 11.1 Å². The van der Waals surface area contributed by atoms with Crippen LogP contribution in [0.1, 0.15) is 49.3 Å². The first-order valence-corrected chi connectivity index (χ1v) is 7.62. The van der Waals surface area contributed by atoms with Crippen molar-refractivity contribution in [1.29, 1.82) is 0 Å². The standard InChI is InChI=1S/C17H27FN2/c1-13-8-9-14(18)12-15(13)16(19-2)17(20(3)4)10-6-5-7-11-17/h8-9,12,16,19H,5-7,10-11H2,1-4H3. The lowest BCUT2D eigenvalue weighted by atomic mass is 9.72. The van der Waals surface area contributed by atoms with Gasteiger partial charge in [-0.25, -0.2) is 4.39 Å². The summed E-state index contributed by atoms with van der Waals surface area (Å²) >= 11 is 0. The largest absolute Gasteiger partial charge is 0.311 e. The van der Waals surface area contributed by atoms with Gasteiger partial charge in [0, 0.05) is 5.54 Å². The molecule has 1 atom stereocenters. The SMILES string of the molecule is CNC(c1cc(F)ccc1C)C1(N(C)C)CCCCC1. The molecule has 2 nitrogen and oxygen atoms in total. The number of nitrogens with one attached hydrogen (secondary N) is 1. The van der Waals surface area contributed by atoms with Crippen molar-refractivity contribution in [2.45, 2.75) is 50.6 Å². The maximum atomic E-state index is 13.7. The van der Waals surface area contributed by atoms with Crippen LogP contribution in [-0.2, 0) is 0 Å². The zero-order valence-corrected chi connectivity index (χ0v) is 13.2. The third kappa shape index (κ3) is 2.75. The second-order valence-electron chi connectivity index (χ2n) is 6.28. The summed E-state index contributed by atoms with van der Waals surface area (Å²) in [5, 5.41) is 3.47. The number of benzene rings is 1. The molecule has 1 aromatic rings. The molecular weight excluding hydrogens is 251 g/mol. The number of rotatable bonds is 4. The Balaban J connectivity index is 2.45. The van der Waals surface area contributed by atoms with Crippen molar-refractivity contribution >= 4 is 0 Å². The van der Waals surface area contributed by atoms with Gasteiger partial charge in [0.15, 0.2) is 0 Å². The number of hydrogen-bond acceptors (Lipinski definition) is 2. The van der Waals surface area contributed by atoms with Crippen LogP contribution in [0.25, 0.3) is 0 Å². The van der Waals surface area contributed by atoms with Crippen LogP contribution in [0.4, 0.5) is 4.39 Å². The van der Waals surface area contributed by atoms with Crippen LogP contribution in [0, 0.1) is 12.7 Å². The summed E-state index contributed by atoms with van der Waals surface area (Å²) in [7, 11) is 6.31. The van der Waals surface area contributed by atoms with E-state index in [9.17, 15) is 4.39 Å². The molecule has 0 amide bonds. The average Bonchev–Trinajstić information content (AvgIpc) is 2.44. The van der Waals surface area contributed by atoms with Crippen molar-refractivity contribution in [3.63, 3.8) is 0 Å². The van der Waals surface area contributed by atoms with Crippen molar-refractivity contribution < 1.29 is 4.39 Å². The molecule has 1 aromatic carbocycles. The van der Waals surface area contributed by atoms with Gasteiger partial charge in [-0.15, -0.1) is 0 Å². The minimum Gasteiger partial charge on any atom is -0.311 e. The van der Waals surface area contributed by atoms with Gasteiger partial charge in [0.2, 0.25) is 0 Å². The third-order valence-corrected chi connectivity index (χ3v) is 4.99. The van der Waals surface area contributed by atoms with Gasteiger partial charge in [-0.05, 0) is 64.2 Å². The normalized spacial score (nSPS) is 20.1. The van der Waals surface area contributed by atoms with Gasteiger partial charge in [-0.3, -0.25) is 0 Å². The highest BCUT2D eigenvalue weighted by Crippen LogP contribution is 2.42. The van der Waals surface area contributed by atoms with E-state index >= 15 is 0 Å². The van der Waals surface area contributed by atoms with E-state index in [1.54, 1.807) is 12.1 Å². The van der Waals surface area contributed by atoms with E-state index in [2.05, 4.69) is 31.2 Å². The molecule has 2 rings (SSSR count). The Morgan fingerprint density at radius 1 is 1.20 bits per heavy atom. The van der Waals surface area contributed by atoms with Gasteiger partial charge in [-0.1, -0.05) is 25.3 Å². The number of hydrogen-bond donors (Lipinski definition) is 1. The fourth-order valence-electron chi connectivity index (χ4n) is 3.79. The third-order valence-electron chi connectivity index (χ3n) is 4.99. The molecule has 3 heteroatoms. The van der Waals surface area contributed by atoms with E-state index in [4.69, 9.17) is 0 Å². The minimum absolute atomic E-state index is 0.0888. The van der Waals surface area contributed by atoms with Gasteiger partial charge < -0.3 is 10.2 Å². The van der Waals surface area contributed by atoms with Crippen molar-refractivity contribution in [2.24, 2.45) is 0 Å². The Morgan fingerprint density at radius 2 is 1.85 bits per heavy atom. The Hall–Kier alpha value is -0.930. The molecule has 0 bridgehead atoms. The topological polar surface area (TPSA) is 15.3 Å². The lowest BCUT2D eigenvalue weighted by Gasteiger charge is -2.49. The number of nitrogens with zero attached hydrogens (tertiary/aromatic N) is 1. The lowest BCUT2D eigenvalue weighted by molar-refractivity contribution is 0.0591.